The zero-order valence-corrected chi connectivity index (χ0v) is 9.65. The molecule has 0 N–H and O–H groups in total. The summed E-state index contributed by atoms with van der Waals surface area (Å²) < 4.78 is 13.5. The number of aliphatic imine (C=N–C) groups is 4. The Morgan fingerprint density at radius 1 is 0.737 bits per heavy atom. The summed E-state index contributed by atoms with van der Waals surface area (Å²) in [5.41, 5.74) is 0. The second kappa shape index (κ2) is 10.6. The van der Waals surface area contributed by atoms with Crippen LogP contribution in [0.3, 0.4) is 0 Å². The van der Waals surface area contributed by atoms with E-state index in [0.29, 0.717) is 0 Å². The third-order valence-corrected chi connectivity index (χ3v) is 2.01. The molecule has 100 valence electrons. The van der Waals surface area contributed by atoms with Crippen molar-refractivity contribution in [3.8, 4) is 0 Å². The van der Waals surface area contributed by atoms with E-state index >= 15 is 0 Å². The van der Waals surface area contributed by atoms with E-state index < -0.39 is 18.5 Å². The summed E-state index contributed by atoms with van der Waals surface area (Å²) in [6, 6.07) is 0. The summed E-state index contributed by atoms with van der Waals surface area (Å²) in [5.74, 6) is 0. The minimum absolute atomic E-state index is 0.0338. The van der Waals surface area contributed by atoms with Crippen molar-refractivity contribution in [3.05, 3.63) is 0 Å². The first-order chi connectivity index (χ1) is 9.17. The van der Waals surface area contributed by atoms with E-state index in [-0.39, 0.29) is 19.3 Å². The van der Waals surface area contributed by atoms with E-state index in [0.717, 1.165) is 12.2 Å². The standard InChI is InChI=1S/C10H9FN4O4/c11-8(3-10(14-6-18)15-7-19)1-2-9(12-4-16)13-5-17/h8-10H,1-3H2. The van der Waals surface area contributed by atoms with Crippen molar-refractivity contribution in [1.29, 1.82) is 0 Å². The van der Waals surface area contributed by atoms with Gasteiger partial charge in [-0.05, 0) is 12.8 Å². The summed E-state index contributed by atoms with van der Waals surface area (Å²) in [4.78, 5) is 52.5. The second-order valence-electron chi connectivity index (χ2n) is 3.25. The molecule has 0 heterocycles. The van der Waals surface area contributed by atoms with Gasteiger partial charge in [0.05, 0.1) is 0 Å². The fourth-order valence-electron chi connectivity index (χ4n) is 1.21. The highest BCUT2D eigenvalue weighted by atomic mass is 19.1. The van der Waals surface area contributed by atoms with Gasteiger partial charge in [0.1, 0.15) is 6.17 Å². The average molecular weight is 268 g/mol. The number of nitrogens with zero attached hydrogens (tertiary/aromatic N) is 4. The zero-order valence-electron chi connectivity index (χ0n) is 9.65. The number of carbonyl (C=O) groups excluding carboxylic acids is 4. The molecular weight excluding hydrogens is 259 g/mol. The maximum Gasteiger partial charge on any atom is 0.237 e. The summed E-state index contributed by atoms with van der Waals surface area (Å²) in [6.07, 6.45) is 0.516. The van der Waals surface area contributed by atoms with E-state index in [1.54, 1.807) is 0 Å². The van der Waals surface area contributed by atoms with Crippen LogP contribution >= 0.6 is 0 Å². The van der Waals surface area contributed by atoms with Crippen LogP contribution in [0.25, 0.3) is 0 Å². The van der Waals surface area contributed by atoms with Crippen LogP contribution in [0.5, 0.6) is 0 Å². The fraction of sp³-hybridized carbons (Fsp3) is 0.600. The zero-order chi connectivity index (χ0) is 14.5. The minimum atomic E-state index is -1.48. The van der Waals surface area contributed by atoms with Gasteiger partial charge in [0, 0.05) is 6.42 Å². The molecule has 0 saturated heterocycles. The van der Waals surface area contributed by atoms with E-state index in [4.69, 9.17) is 0 Å². The Labute approximate surface area is 106 Å². The number of halogens is 1. The number of isocyanates is 4. The van der Waals surface area contributed by atoms with Gasteiger partial charge in [0.2, 0.25) is 24.3 Å². The highest BCUT2D eigenvalue weighted by Crippen LogP contribution is 2.15. The van der Waals surface area contributed by atoms with Crippen LogP contribution in [0, 0.1) is 0 Å². The third-order valence-electron chi connectivity index (χ3n) is 2.01. The first-order valence-corrected chi connectivity index (χ1v) is 5.09. The van der Waals surface area contributed by atoms with Crippen molar-refractivity contribution < 1.29 is 23.6 Å². The summed E-state index contributed by atoms with van der Waals surface area (Å²) in [5, 5.41) is 0. The van der Waals surface area contributed by atoms with Gasteiger partial charge in [0.15, 0.2) is 12.3 Å². The Morgan fingerprint density at radius 2 is 1.16 bits per heavy atom. The maximum atomic E-state index is 13.5. The summed E-state index contributed by atoms with van der Waals surface area (Å²) in [6.45, 7) is 0. The van der Waals surface area contributed by atoms with Gasteiger partial charge >= 0.3 is 0 Å². The molecule has 0 rings (SSSR count). The molecule has 0 aromatic carbocycles. The molecule has 0 saturated carbocycles. The molecule has 0 aromatic rings. The van der Waals surface area contributed by atoms with Crippen LogP contribution < -0.4 is 0 Å². The van der Waals surface area contributed by atoms with Crippen LogP contribution in [-0.4, -0.2) is 42.8 Å². The van der Waals surface area contributed by atoms with Crippen molar-refractivity contribution in [2.24, 2.45) is 20.0 Å². The molecule has 0 fully saturated rings. The van der Waals surface area contributed by atoms with Gasteiger partial charge in [-0.2, -0.15) is 20.0 Å². The molecule has 9 heteroatoms. The van der Waals surface area contributed by atoms with Crippen molar-refractivity contribution >= 4 is 24.3 Å². The lowest BCUT2D eigenvalue weighted by Gasteiger charge is -2.10. The van der Waals surface area contributed by atoms with E-state index in [1.807, 2.05) is 0 Å². The first-order valence-electron chi connectivity index (χ1n) is 5.09. The highest BCUT2D eigenvalue weighted by Gasteiger charge is 2.16. The lowest BCUT2D eigenvalue weighted by atomic mass is 10.1. The van der Waals surface area contributed by atoms with Gasteiger partial charge in [0.25, 0.3) is 0 Å². The van der Waals surface area contributed by atoms with E-state index in [1.165, 1.54) is 12.2 Å². The molecule has 1 atom stereocenters. The number of hydrogen-bond acceptors (Lipinski definition) is 8. The SMILES string of the molecule is O=C=NC(CCC(F)CC(N=C=O)N=C=O)N=C=O. The third kappa shape index (κ3) is 8.21. The molecule has 0 radical (unpaired) electrons. The maximum absolute atomic E-state index is 13.5. The summed E-state index contributed by atoms with van der Waals surface area (Å²) >= 11 is 0. The predicted molar refractivity (Wildman–Crippen MR) is 58.8 cm³/mol. The molecule has 0 aromatic heterocycles. The molecule has 0 aliphatic heterocycles. The minimum Gasteiger partial charge on any atom is -0.247 e. The van der Waals surface area contributed by atoms with Crippen molar-refractivity contribution in [1.82, 2.24) is 0 Å². The predicted octanol–water partition coefficient (Wildman–Crippen LogP) is 0.490. The Morgan fingerprint density at radius 3 is 1.58 bits per heavy atom. The van der Waals surface area contributed by atoms with Crippen LogP contribution in [0.1, 0.15) is 19.3 Å². The first kappa shape index (κ1) is 16.4. The van der Waals surface area contributed by atoms with Gasteiger partial charge in [-0.3, -0.25) is 0 Å². The Hall–Kier alpha value is -2.55. The van der Waals surface area contributed by atoms with Crippen LogP contribution in [0.2, 0.25) is 0 Å². The quantitative estimate of drug-likeness (QED) is 0.446. The fourth-order valence-corrected chi connectivity index (χ4v) is 1.21. The second-order valence-corrected chi connectivity index (χ2v) is 3.25. The molecule has 0 bridgehead atoms. The topological polar surface area (TPSA) is 118 Å². The van der Waals surface area contributed by atoms with Crippen molar-refractivity contribution in [2.45, 2.75) is 37.8 Å². The number of rotatable bonds is 9. The van der Waals surface area contributed by atoms with Gasteiger partial charge < -0.3 is 0 Å². The molecule has 8 nitrogen and oxygen atoms in total. The molecular formula is C10H9FN4O4. The lowest BCUT2D eigenvalue weighted by Crippen LogP contribution is -2.13. The monoisotopic (exact) mass is 268 g/mol. The van der Waals surface area contributed by atoms with Gasteiger partial charge in [-0.25, -0.2) is 23.6 Å². The van der Waals surface area contributed by atoms with Gasteiger partial charge in [-0.1, -0.05) is 0 Å². The molecule has 0 spiro atoms. The lowest BCUT2D eigenvalue weighted by molar-refractivity contribution is 0.270. The smallest absolute Gasteiger partial charge is 0.237 e. The van der Waals surface area contributed by atoms with E-state index in [9.17, 15) is 23.6 Å². The molecule has 0 amide bonds. The van der Waals surface area contributed by atoms with Gasteiger partial charge in [-0.15, -0.1) is 0 Å². The molecule has 0 aliphatic carbocycles. The Bertz CT molecular complexity index is 436. The summed E-state index contributed by atoms with van der Waals surface area (Å²) in [7, 11) is 0. The van der Waals surface area contributed by atoms with Crippen LogP contribution in [0.4, 0.5) is 4.39 Å². The van der Waals surface area contributed by atoms with E-state index in [2.05, 4.69) is 20.0 Å². The number of hydrogen-bond donors (Lipinski definition) is 0. The van der Waals surface area contributed by atoms with Crippen molar-refractivity contribution in [2.75, 3.05) is 0 Å². The molecule has 1 unspecified atom stereocenters. The molecule has 0 aliphatic rings. The molecule has 19 heavy (non-hydrogen) atoms. The Kier molecular flexibility index (Phi) is 9.17. The Balaban J connectivity index is 4.39. The highest BCUT2D eigenvalue weighted by molar-refractivity contribution is 5.37. The number of alkyl halides is 1. The van der Waals surface area contributed by atoms with Crippen LogP contribution in [0.15, 0.2) is 20.0 Å². The normalized spacial score (nSPS) is 13.5. The van der Waals surface area contributed by atoms with Crippen LogP contribution in [-0.2, 0) is 19.2 Å². The largest absolute Gasteiger partial charge is 0.247 e. The average Bonchev–Trinajstić information content (AvgIpc) is 2.37. The van der Waals surface area contributed by atoms with Crippen molar-refractivity contribution in [3.63, 3.8) is 0 Å².